The van der Waals surface area contributed by atoms with Gasteiger partial charge in [0.25, 0.3) is 0 Å². The molecular weight excluding hydrogens is 384 g/mol. The van der Waals surface area contributed by atoms with Crippen molar-refractivity contribution in [2.75, 3.05) is 20.8 Å². The Bertz CT molecular complexity index is 430. The van der Waals surface area contributed by atoms with E-state index < -0.39 is 31.2 Å². The molecule has 0 aliphatic carbocycles. The molecule has 1 saturated heterocycles. The molecular formula is C17H40O6Si3. The summed E-state index contributed by atoms with van der Waals surface area (Å²) in [6.45, 7) is 19.9. The third-order valence-electron chi connectivity index (χ3n) is 3.64. The van der Waals surface area contributed by atoms with Crippen LogP contribution in [0.25, 0.3) is 0 Å². The maximum Gasteiger partial charge on any atom is 0.187 e. The molecule has 1 rings (SSSR count). The van der Waals surface area contributed by atoms with Gasteiger partial charge in [-0.1, -0.05) is 0 Å². The van der Waals surface area contributed by atoms with Crippen LogP contribution in [-0.2, 0) is 27.5 Å². The molecule has 1 unspecified atom stereocenters. The van der Waals surface area contributed by atoms with E-state index in [-0.39, 0.29) is 24.4 Å². The molecule has 156 valence electrons. The van der Waals surface area contributed by atoms with Crippen molar-refractivity contribution < 1.29 is 27.5 Å². The molecule has 6 nitrogen and oxygen atoms in total. The molecule has 1 heterocycles. The van der Waals surface area contributed by atoms with Gasteiger partial charge in [-0.3, -0.25) is 0 Å². The van der Waals surface area contributed by atoms with E-state index in [1.165, 1.54) is 0 Å². The lowest BCUT2D eigenvalue weighted by Gasteiger charge is -2.49. The second-order valence-corrected chi connectivity index (χ2v) is 23.2. The predicted octanol–water partition coefficient (Wildman–Crippen LogP) is 3.66. The average Bonchev–Trinajstić information content (AvgIpc) is 2.38. The number of hydrogen-bond donors (Lipinski definition) is 0. The molecule has 0 spiro atoms. The first-order valence-electron chi connectivity index (χ1n) is 9.37. The minimum absolute atomic E-state index is 0.236. The zero-order valence-corrected chi connectivity index (χ0v) is 21.5. The van der Waals surface area contributed by atoms with Crippen molar-refractivity contribution in [3.63, 3.8) is 0 Å². The largest absolute Gasteiger partial charge is 0.409 e. The lowest BCUT2D eigenvalue weighted by Crippen LogP contribution is -2.65. The lowest BCUT2D eigenvalue weighted by molar-refractivity contribution is -0.280. The van der Waals surface area contributed by atoms with E-state index >= 15 is 0 Å². The first kappa shape index (κ1) is 24.4. The predicted molar refractivity (Wildman–Crippen MR) is 112 cm³/mol. The minimum atomic E-state index is -1.85. The number of hydrogen-bond acceptors (Lipinski definition) is 6. The van der Waals surface area contributed by atoms with Gasteiger partial charge < -0.3 is 27.5 Å². The molecule has 0 saturated carbocycles. The van der Waals surface area contributed by atoms with Crippen molar-refractivity contribution in [1.29, 1.82) is 0 Å². The fraction of sp³-hybridized carbons (Fsp3) is 1.00. The smallest absolute Gasteiger partial charge is 0.187 e. The molecule has 0 radical (unpaired) electrons. The van der Waals surface area contributed by atoms with Gasteiger partial charge in [0, 0.05) is 14.2 Å². The highest BCUT2D eigenvalue weighted by Crippen LogP contribution is 2.33. The summed E-state index contributed by atoms with van der Waals surface area (Å²) >= 11 is 0. The summed E-state index contributed by atoms with van der Waals surface area (Å²) in [5, 5.41) is 0. The topological polar surface area (TPSA) is 55.4 Å². The van der Waals surface area contributed by atoms with Crippen LogP contribution in [0.1, 0.15) is 0 Å². The molecule has 9 heteroatoms. The van der Waals surface area contributed by atoms with Gasteiger partial charge in [-0.2, -0.15) is 0 Å². The van der Waals surface area contributed by atoms with Gasteiger partial charge in [-0.15, -0.1) is 0 Å². The highest BCUT2D eigenvalue weighted by Gasteiger charge is 2.51. The minimum Gasteiger partial charge on any atom is -0.409 e. The second-order valence-electron chi connectivity index (χ2n) is 9.82. The summed E-state index contributed by atoms with van der Waals surface area (Å²) in [5.41, 5.74) is 0. The monoisotopic (exact) mass is 424 g/mol. The molecule has 1 aliphatic rings. The molecule has 1 aliphatic heterocycles. The Morgan fingerprint density at radius 2 is 1.12 bits per heavy atom. The highest BCUT2D eigenvalue weighted by molar-refractivity contribution is 6.70. The van der Waals surface area contributed by atoms with E-state index in [0.29, 0.717) is 6.61 Å². The molecule has 0 aromatic rings. The third kappa shape index (κ3) is 8.19. The van der Waals surface area contributed by atoms with Gasteiger partial charge in [-0.25, -0.2) is 0 Å². The Kier molecular flexibility index (Phi) is 8.72. The maximum absolute atomic E-state index is 6.57. The Labute approximate surface area is 163 Å². The van der Waals surface area contributed by atoms with Gasteiger partial charge in [-0.05, 0) is 58.9 Å². The Morgan fingerprint density at radius 3 is 1.50 bits per heavy atom. The average molecular weight is 425 g/mol. The third-order valence-corrected chi connectivity index (χ3v) is 6.54. The van der Waals surface area contributed by atoms with Crippen LogP contribution in [0.2, 0.25) is 58.9 Å². The molecule has 0 aromatic heterocycles. The number of ether oxygens (including phenoxy) is 3. The van der Waals surface area contributed by atoms with Gasteiger partial charge in [0.05, 0.1) is 6.61 Å². The van der Waals surface area contributed by atoms with E-state index in [9.17, 15) is 0 Å². The van der Waals surface area contributed by atoms with Crippen LogP contribution >= 0.6 is 0 Å². The van der Waals surface area contributed by atoms with Crippen LogP contribution in [0.3, 0.4) is 0 Å². The summed E-state index contributed by atoms with van der Waals surface area (Å²) in [6, 6.07) is 0. The van der Waals surface area contributed by atoms with Crippen molar-refractivity contribution in [3.8, 4) is 0 Å². The van der Waals surface area contributed by atoms with E-state index in [2.05, 4.69) is 58.9 Å². The van der Waals surface area contributed by atoms with Crippen molar-refractivity contribution in [2.24, 2.45) is 0 Å². The lowest BCUT2D eigenvalue weighted by atomic mass is 9.99. The fourth-order valence-corrected chi connectivity index (χ4v) is 6.03. The van der Waals surface area contributed by atoms with Gasteiger partial charge in [0.2, 0.25) is 0 Å². The Morgan fingerprint density at radius 1 is 0.654 bits per heavy atom. The van der Waals surface area contributed by atoms with Crippen LogP contribution in [0.5, 0.6) is 0 Å². The fourth-order valence-electron chi connectivity index (χ4n) is 2.96. The maximum atomic E-state index is 6.57. The summed E-state index contributed by atoms with van der Waals surface area (Å²) in [5.74, 6) is 0. The van der Waals surface area contributed by atoms with Crippen LogP contribution in [0, 0.1) is 0 Å². The summed E-state index contributed by atoms with van der Waals surface area (Å²) in [6.07, 6.45) is -1.54. The van der Waals surface area contributed by atoms with E-state index in [1.807, 2.05) is 0 Å². The molecule has 26 heavy (non-hydrogen) atoms. The van der Waals surface area contributed by atoms with Crippen molar-refractivity contribution in [3.05, 3.63) is 0 Å². The van der Waals surface area contributed by atoms with Crippen molar-refractivity contribution in [1.82, 2.24) is 0 Å². The molecule has 0 amide bonds. The van der Waals surface area contributed by atoms with E-state index in [4.69, 9.17) is 27.5 Å². The van der Waals surface area contributed by atoms with Gasteiger partial charge in [0.1, 0.15) is 24.4 Å². The standard InChI is InChI=1S/C17H40O6Si3/c1-18-12-13-14(21-24(3,4)5)15(22-25(6,7)8)16(19-2)17(20-13)23-26(9,10)11/h13-17H,12H2,1-11H3/t13-,14+,15+,16-,17?/m1/s1. The Hall–Kier alpha value is 0.411. The number of rotatable bonds is 9. The van der Waals surface area contributed by atoms with E-state index in [0.717, 1.165) is 0 Å². The first-order valence-corrected chi connectivity index (χ1v) is 19.6. The van der Waals surface area contributed by atoms with Crippen LogP contribution < -0.4 is 0 Å². The molecule has 5 atom stereocenters. The summed E-state index contributed by atoms with van der Waals surface area (Å²) in [7, 11) is -2.14. The SMILES string of the molecule is COC[C@H]1OC(O[Si](C)(C)C)[C@H](OC)[C@@H](O[Si](C)(C)C)[C@H]1O[Si](C)(C)C. The summed E-state index contributed by atoms with van der Waals surface area (Å²) in [4.78, 5) is 0. The molecule has 0 bridgehead atoms. The quantitative estimate of drug-likeness (QED) is 0.526. The first-order chi connectivity index (χ1) is 11.7. The number of methoxy groups -OCH3 is 2. The summed E-state index contributed by atoms with van der Waals surface area (Å²) < 4.78 is 37.0. The molecule has 0 N–H and O–H groups in total. The second kappa shape index (κ2) is 9.27. The van der Waals surface area contributed by atoms with Crippen LogP contribution in [-0.4, -0.2) is 76.5 Å². The van der Waals surface area contributed by atoms with Gasteiger partial charge in [0.15, 0.2) is 31.2 Å². The zero-order chi connectivity index (χ0) is 20.3. The Balaban J connectivity index is 3.25. The molecule has 1 fully saturated rings. The highest BCUT2D eigenvalue weighted by atomic mass is 28.4. The van der Waals surface area contributed by atoms with Crippen molar-refractivity contribution >= 4 is 25.0 Å². The van der Waals surface area contributed by atoms with Crippen molar-refractivity contribution in [2.45, 2.75) is 89.6 Å². The van der Waals surface area contributed by atoms with Crippen LogP contribution in [0.15, 0.2) is 0 Å². The normalized spacial score (nSPS) is 31.3. The van der Waals surface area contributed by atoms with E-state index in [1.54, 1.807) is 14.2 Å². The molecule has 0 aromatic carbocycles. The van der Waals surface area contributed by atoms with Crippen LogP contribution in [0.4, 0.5) is 0 Å². The zero-order valence-electron chi connectivity index (χ0n) is 18.5. The van der Waals surface area contributed by atoms with Gasteiger partial charge >= 0.3 is 0 Å².